The molecule has 0 N–H and O–H groups in total. The Balaban J connectivity index is 3.11. The van der Waals surface area contributed by atoms with Gasteiger partial charge in [0.1, 0.15) is 0 Å². The first-order chi connectivity index (χ1) is 6.31. The van der Waals surface area contributed by atoms with Gasteiger partial charge in [-0.2, -0.15) is 0 Å². The number of hydrogen-bond acceptors (Lipinski definition) is 2. The largest absolute Gasteiger partial charge is 0.235 e. The van der Waals surface area contributed by atoms with E-state index < -0.39 is 0 Å². The van der Waals surface area contributed by atoms with E-state index >= 15 is 0 Å². The summed E-state index contributed by atoms with van der Waals surface area (Å²) < 4.78 is 0. The average Bonchev–Trinajstić information content (AvgIpc) is 2.11. The second-order valence-corrected chi connectivity index (χ2v) is 3.63. The molecule has 0 saturated carbocycles. The predicted molar refractivity (Wildman–Crippen MR) is 55.6 cm³/mol. The molecule has 0 aromatic rings. The summed E-state index contributed by atoms with van der Waals surface area (Å²) in [5.41, 5.74) is 0. The maximum atomic E-state index is 9.90. The van der Waals surface area contributed by atoms with Crippen LogP contribution in [0.2, 0.25) is 0 Å². The number of rotatable bonds is 8. The first-order valence-electron chi connectivity index (χ1n) is 5.38. The molecule has 0 aliphatic carbocycles. The van der Waals surface area contributed by atoms with Gasteiger partial charge in [-0.05, 0) is 13.3 Å². The van der Waals surface area contributed by atoms with Crippen molar-refractivity contribution in [1.29, 1.82) is 0 Å². The van der Waals surface area contributed by atoms with E-state index in [1.54, 1.807) is 6.08 Å². The normalized spacial score (nSPS) is 12.2. The minimum Gasteiger partial charge on any atom is -0.211 e. The number of carbonyl (C=O) groups excluding carboxylic acids is 1. The summed E-state index contributed by atoms with van der Waals surface area (Å²) in [6, 6.07) is 0.170. The molecule has 0 radical (unpaired) electrons. The monoisotopic (exact) mass is 183 g/mol. The highest BCUT2D eigenvalue weighted by molar-refractivity contribution is 5.33. The van der Waals surface area contributed by atoms with Gasteiger partial charge in [0.15, 0.2) is 0 Å². The van der Waals surface area contributed by atoms with Crippen LogP contribution < -0.4 is 0 Å². The molecule has 0 spiro atoms. The minimum atomic E-state index is 0.170. The van der Waals surface area contributed by atoms with Crippen LogP contribution >= 0.6 is 0 Å². The smallest absolute Gasteiger partial charge is 0.211 e. The SMILES string of the molecule is CCCCCCCCC(C)N=C=O. The Morgan fingerprint density at radius 3 is 2.38 bits per heavy atom. The molecule has 76 valence electrons. The van der Waals surface area contributed by atoms with Crippen molar-refractivity contribution in [3.8, 4) is 0 Å². The van der Waals surface area contributed by atoms with Gasteiger partial charge < -0.3 is 0 Å². The van der Waals surface area contributed by atoms with Gasteiger partial charge >= 0.3 is 0 Å². The van der Waals surface area contributed by atoms with Gasteiger partial charge in [0.25, 0.3) is 0 Å². The predicted octanol–water partition coefficient (Wildman–Crippen LogP) is 3.46. The zero-order valence-electron chi connectivity index (χ0n) is 8.88. The highest BCUT2D eigenvalue weighted by atomic mass is 16.1. The molecule has 2 heteroatoms. The Kier molecular flexibility index (Phi) is 9.02. The van der Waals surface area contributed by atoms with Gasteiger partial charge in [-0.25, -0.2) is 9.79 Å². The number of aliphatic imine (C=N–C) groups is 1. The van der Waals surface area contributed by atoms with E-state index in [-0.39, 0.29) is 6.04 Å². The Hall–Kier alpha value is -0.620. The lowest BCUT2D eigenvalue weighted by Gasteiger charge is -2.03. The molecule has 0 aromatic heterocycles. The summed E-state index contributed by atoms with van der Waals surface area (Å²) in [6.07, 6.45) is 10.4. The second-order valence-electron chi connectivity index (χ2n) is 3.63. The van der Waals surface area contributed by atoms with E-state index in [2.05, 4.69) is 11.9 Å². The van der Waals surface area contributed by atoms with Crippen molar-refractivity contribution in [3.05, 3.63) is 0 Å². The Morgan fingerprint density at radius 1 is 1.15 bits per heavy atom. The molecule has 2 nitrogen and oxygen atoms in total. The van der Waals surface area contributed by atoms with Gasteiger partial charge in [0.2, 0.25) is 6.08 Å². The molecule has 0 aliphatic rings. The highest BCUT2D eigenvalue weighted by Crippen LogP contribution is 2.09. The number of unbranched alkanes of at least 4 members (excludes halogenated alkanes) is 5. The summed E-state index contributed by atoms with van der Waals surface area (Å²) in [5, 5.41) is 0. The fourth-order valence-electron chi connectivity index (χ4n) is 1.37. The van der Waals surface area contributed by atoms with Crippen LogP contribution in [0.1, 0.15) is 58.8 Å². The summed E-state index contributed by atoms with van der Waals surface area (Å²) >= 11 is 0. The number of isocyanates is 1. The lowest BCUT2D eigenvalue weighted by atomic mass is 10.1. The van der Waals surface area contributed by atoms with Crippen LogP contribution in [0, 0.1) is 0 Å². The molecular formula is C11H21NO. The van der Waals surface area contributed by atoms with E-state index in [1.165, 1.54) is 38.5 Å². The number of hydrogen-bond donors (Lipinski definition) is 0. The van der Waals surface area contributed by atoms with Crippen LogP contribution in [0.4, 0.5) is 0 Å². The fraction of sp³-hybridized carbons (Fsp3) is 0.909. The topological polar surface area (TPSA) is 29.4 Å². The maximum Gasteiger partial charge on any atom is 0.235 e. The standard InChI is InChI=1S/C11H21NO/c1-3-4-5-6-7-8-9-11(2)12-10-13/h11H,3-9H2,1-2H3. The Labute approximate surface area is 81.4 Å². The van der Waals surface area contributed by atoms with Crippen molar-refractivity contribution in [1.82, 2.24) is 0 Å². The first kappa shape index (κ1) is 12.4. The molecule has 0 fully saturated rings. The third kappa shape index (κ3) is 9.29. The molecule has 0 bridgehead atoms. The number of nitrogens with zero attached hydrogens (tertiary/aromatic N) is 1. The van der Waals surface area contributed by atoms with Crippen molar-refractivity contribution in [2.24, 2.45) is 4.99 Å². The van der Waals surface area contributed by atoms with Crippen LogP contribution in [0.15, 0.2) is 4.99 Å². The molecule has 0 rings (SSSR count). The van der Waals surface area contributed by atoms with Gasteiger partial charge in [-0.15, -0.1) is 0 Å². The molecule has 13 heavy (non-hydrogen) atoms. The van der Waals surface area contributed by atoms with E-state index in [1.807, 2.05) is 6.92 Å². The van der Waals surface area contributed by atoms with E-state index in [4.69, 9.17) is 0 Å². The summed E-state index contributed by atoms with van der Waals surface area (Å²) in [6.45, 7) is 4.19. The lowest BCUT2D eigenvalue weighted by Crippen LogP contribution is -1.96. The van der Waals surface area contributed by atoms with Crippen LogP contribution in [-0.2, 0) is 4.79 Å². The average molecular weight is 183 g/mol. The molecule has 0 aliphatic heterocycles. The van der Waals surface area contributed by atoms with E-state index in [0.29, 0.717) is 0 Å². The Bertz CT molecular complexity index is 150. The van der Waals surface area contributed by atoms with Gasteiger partial charge in [-0.1, -0.05) is 45.4 Å². The third-order valence-corrected chi connectivity index (χ3v) is 2.25. The first-order valence-corrected chi connectivity index (χ1v) is 5.38. The van der Waals surface area contributed by atoms with Crippen molar-refractivity contribution in [2.45, 2.75) is 64.8 Å². The van der Waals surface area contributed by atoms with Crippen LogP contribution in [-0.4, -0.2) is 12.1 Å². The zero-order chi connectivity index (χ0) is 9.94. The van der Waals surface area contributed by atoms with Crippen molar-refractivity contribution in [2.75, 3.05) is 0 Å². The van der Waals surface area contributed by atoms with Crippen LogP contribution in [0.3, 0.4) is 0 Å². The molecular weight excluding hydrogens is 162 g/mol. The molecule has 0 aromatic carbocycles. The van der Waals surface area contributed by atoms with Crippen LogP contribution in [0.5, 0.6) is 0 Å². The van der Waals surface area contributed by atoms with Gasteiger partial charge in [0.05, 0.1) is 6.04 Å². The summed E-state index contributed by atoms with van der Waals surface area (Å²) in [4.78, 5) is 13.6. The summed E-state index contributed by atoms with van der Waals surface area (Å²) in [5.74, 6) is 0. The maximum absolute atomic E-state index is 9.90. The molecule has 0 amide bonds. The van der Waals surface area contributed by atoms with E-state index in [9.17, 15) is 4.79 Å². The molecule has 1 unspecified atom stereocenters. The molecule has 0 heterocycles. The van der Waals surface area contributed by atoms with Crippen molar-refractivity contribution < 1.29 is 4.79 Å². The fourth-order valence-corrected chi connectivity index (χ4v) is 1.37. The molecule has 0 saturated heterocycles. The van der Waals surface area contributed by atoms with Gasteiger partial charge in [0, 0.05) is 0 Å². The quantitative estimate of drug-likeness (QED) is 0.322. The van der Waals surface area contributed by atoms with E-state index in [0.717, 1.165) is 6.42 Å². The lowest BCUT2D eigenvalue weighted by molar-refractivity contribution is 0.537. The zero-order valence-corrected chi connectivity index (χ0v) is 8.88. The van der Waals surface area contributed by atoms with Gasteiger partial charge in [-0.3, -0.25) is 0 Å². The van der Waals surface area contributed by atoms with Crippen LogP contribution in [0.25, 0.3) is 0 Å². The van der Waals surface area contributed by atoms with Crippen molar-refractivity contribution in [3.63, 3.8) is 0 Å². The Morgan fingerprint density at radius 2 is 1.77 bits per heavy atom. The van der Waals surface area contributed by atoms with Crippen molar-refractivity contribution >= 4 is 6.08 Å². The third-order valence-electron chi connectivity index (χ3n) is 2.25. The molecule has 1 atom stereocenters. The minimum absolute atomic E-state index is 0.170. The summed E-state index contributed by atoms with van der Waals surface area (Å²) in [7, 11) is 0. The highest BCUT2D eigenvalue weighted by Gasteiger charge is 1.97. The second kappa shape index (κ2) is 9.47.